The summed E-state index contributed by atoms with van der Waals surface area (Å²) in [7, 11) is 2.72. The van der Waals surface area contributed by atoms with Gasteiger partial charge in [-0.05, 0) is 42.4 Å². The first-order chi connectivity index (χ1) is 7.24. The molecule has 4 heteroatoms. The Morgan fingerprint density at radius 3 is 2.87 bits per heavy atom. The van der Waals surface area contributed by atoms with Crippen LogP contribution in [0.5, 0.6) is 0 Å². The molecular formula is C11H17BrNOP. The van der Waals surface area contributed by atoms with E-state index in [2.05, 4.69) is 37.3 Å². The molecule has 0 aliphatic heterocycles. The molecule has 0 aliphatic carbocycles. The Morgan fingerprint density at radius 2 is 2.13 bits per heavy atom. The van der Waals surface area contributed by atoms with Crippen LogP contribution < -0.4 is 11.0 Å². The molecule has 0 aliphatic rings. The zero-order valence-electron chi connectivity index (χ0n) is 8.71. The predicted octanol–water partition coefficient (Wildman–Crippen LogP) is 2.21. The molecule has 0 spiro atoms. The van der Waals surface area contributed by atoms with Crippen molar-refractivity contribution in [1.29, 1.82) is 0 Å². The SMILES string of the molecule is NCCCCOCc1cc(Br)ccc1P. The van der Waals surface area contributed by atoms with Crippen LogP contribution in [-0.2, 0) is 11.3 Å². The highest BCUT2D eigenvalue weighted by atomic mass is 79.9. The molecule has 15 heavy (non-hydrogen) atoms. The Morgan fingerprint density at radius 1 is 1.33 bits per heavy atom. The summed E-state index contributed by atoms with van der Waals surface area (Å²) in [6.45, 7) is 2.20. The van der Waals surface area contributed by atoms with Crippen LogP contribution >= 0.6 is 25.2 Å². The van der Waals surface area contributed by atoms with Gasteiger partial charge in [-0.1, -0.05) is 22.0 Å². The minimum atomic E-state index is 0.669. The van der Waals surface area contributed by atoms with E-state index in [1.54, 1.807) is 0 Å². The van der Waals surface area contributed by atoms with Crippen molar-refractivity contribution in [1.82, 2.24) is 0 Å². The molecule has 0 saturated heterocycles. The van der Waals surface area contributed by atoms with Gasteiger partial charge in [0.05, 0.1) is 6.61 Å². The van der Waals surface area contributed by atoms with Gasteiger partial charge in [0.2, 0.25) is 0 Å². The van der Waals surface area contributed by atoms with Gasteiger partial charge in [-0.15, -0.1) is 9.24 Å². The second-order valence-corrected chi connectivity index (χ2v) is 4.93. The van der Waals surface area contributed by atoms with Gasteiger partial charge >= 0.3 is 0 Å². The molecule has 84 valence electrons. The maximum absolute atomic E-state index is 5.57. The summed E-state index contributed by atoms with van der Waals surface area (Å²) in [5, 5.41) is 1.19. The summed E-state index contributed by atoms with van der Waals surface area (Å²) in [5.74, 6) is 0. The monoisotopic (exact) mass is 289 g/mol. The molecular weight excluding hydrogens is 273 g/mol. The first-order valence-electron chi connectivity index (χ1n) is 5.05. The molecule has 2 N–H and O–H groups in total. The standard InChI is InChI=1S/C11H17BrNOP/c12-10-3-4-11(15)9(7-10)8-14-6-2-1-5-13/h3-4,7H,1-2,5-6,8,13,15H2. The first kappa shape index (κ1) is 13.1. The summed E-state index contributed by atoms with van der Waals surface area (Å²) in [6.07, 6.45) is 2.07. The van der Waals surface area contributed by atoms with Crippen LogP contribution in [0.1, 0.15) is 18.4 Å². The molecule has 0 radical (unpaired) electrons. The van der Waals surface area contributed by atoms with E-state index in [0.29, 0.717) is 6.61 Å². The molecule has 0 heterocycles. The van der Waals surface area contributed by atoms with Crippen molar-refractivity contribution >= 4 is 30.5 Å². The van der Waals surface area contributed by atoms with Crippen LogP contribution in [0.4, 0.5) is 0 Å². The van der Waals surface area contributed by atoms with Gasteiger partial charge in [0, 0.05) is 11.1 Å². The highest BCUT2D eigenvalue weighted by Crippen LogP contribution is 2.13. The van der Waals surface area contributed by atoms with E-state index in [0.717, 1.165) is 30.5 Å². The van der Waals surface area contributed by atoms with Crippen LogP contribution in [-0.4, -0.2) is 13.2 Å². The lowest BCUT2D eigenvalue weighted by molar-refractivity contribution is 0.118. The number of rotatable bonds is 6. The van der Waals surface area contributed by atoms with E-state index in [4.69, 9.17) is 10.5 Å². The van der Waals surface area contributed by atoms with Crippen LogP contribution in [0.25, 0.3) is 0 Å². The number of hydrogen-bond acceptors (Lipinski definition) is 2. The van der Waals surface area contributed by atoms with Crippen LogP contribution in [0, 0.1) is 0 Å². The van der Waals surface area contributed by atoms with Crippen LogP contribution in [0.3, 0.4) is 0 Å². The van der Waals surface area contributed by atoms with E-state index in [-0.39, 0.29) is 0 Å². The second-order valence-electron chi connectivity index (χ2n) is 3.39. The van der Waals surface area contributed by atoms with E-state index in [9.17, 15) is 0 Å². The summed E-state index contributed by atoms with van der Waals surface area (Å²) < 4.78 is 6.66. The normalized spacial score (nSPS) is 10.6. The molecule has 1 aromatic carbocycles. The molecule has 1 rings (SSSR count). The third kappa shape index (κ3) is 5.07. The Hall–Kier alpha value is 0.0500. The van der Waals surface area contributed by atoms with Gasteiger partial charge in [0.15, 0.2) is 0 Å². The zero-order chi connectivity index (χ0) is 11.1. The number of hydrogen-bond donors (Lipinski definition) is 1. The minimum absolute atomic E-state index is 0.669. The van der Waals surface area contributed by atoms with Crippen molar-refractivity contribution in [2.75, 3.05) is 13.2 Å². The van der Waals surface area contributed by atoms with E-state index in [1.165, 1.54) is 10.9 Å². The Kier molecular flexibility index (Phi) is 6.42. The lowest BCUT2D eigenvalue weighted by Gasteiger charge is -2.07. The fourth-order valence-corrected chi connectivity index (χ4v) is 1.90. The smallest absolute Gasteiger partial charge is 0.0723 e. The molecule has 1 atom stereocenters. The summed E-state index contributed by atoms with van der Waals surface area (Å²) >= 11 is 3.45. The van der Waals surface area contributed by atoms with E-state index < -0.39 is 0 Å². The molecule has 2 nitrogen and oxygen atoms in total. The Labute approximate surface area is 102 Å². The maximum atomic E-state index is 5.57. The van der Waals surface area contributed by atoms with E-state index in [1.807, 2.05) is 6.07 Å². The van der Waals surface area contributed by atoms with E-state index >= 15 is 0 Å². The van der Waals surface area contributed by atoms with Gasteiger partial charge in [0.1, 0.15) is 0 Å². The molecule has 0 fully saturated rings. The maximum Gasteiger partial charge on any atom is 0.0723 e. The number of benzene rings is 1. The predicted molar refractivity (Wildman–Crippen MR) is 71.4 cm³/mol. The van der Waals surface area contributed by atoms with Crippen LogP contribution in [0.2, 0.25) is 0 Å². The lowest BCUT2D eigenvalue weighted by Crippen LogP contribution is -2.06. The number of ether oxygens (including phenoxy) is 1. The van der Waals surface area contributed by atoms with Crippen molar-refractivity contribution in [2.24, 2.45) is 5.73 Å². The number of nitrogens with two attached hydrogens (primary N) is 1. The minimum Gasteiger partial charge on any atom is -0.377 e. The fourth-order valence-electron chi connectivity index (χ4n) is 1.23. The highest BCUT2D eigenvalue weighted by molar-refractivity contribution is 9.10. The molecule has 0 aromatic heterocycles. The van der Waals surface area contributed by atoms with Crippen molar-refractivity contribution < 1.29 is 4.74 Å². The summed E-state index contributed by atoms with van der Waals surface area (Å²) in [4.78, 5) is 0. The highest BCUT2D eigenvalue weighted by Gasteiger charge is 1.99. The van der Waals surface area contributed by atoms with Crippen molar-refractivity contribution in [3.63, 3.8) is 0 Å². The van der Waals surface area contributed by atoms with Gasteiger partial charge in [0.25, 0.3) is 0 Å². The van der Waals surface area contributed by atoms with Gasteiger partial charge in [-0.2, -0.15) is 0 Å². The summed E-state index contributed by atoms with van der Waals surface area (Å²) in [5.41, 5.74) is 6.61. The second kappa shape index (κ2) is 7.34. The third-order valence-electron chi connectivity index (χ3n) is 2.11. The van der Waals surface area contributed by atoms with Crippen molar-refractivity contribution in [3.05, 3.63) is 28.2 Å². The number of halogens is 1. The average molecular weight is 290 g/mol. The molecule has 0 bridgehead atoms. The van der Waals surface area contributed by atoms with Crippen LogP contribution in [0.15, 0.2) is 22.7 Å². The largest absolute Gasteiger partial charge is 0.377 e. The molecule has 0 saturated carbocycles. The fraction of sp³-hybridized carbons (Fsp3) is 0.455. The third-order valence-corrected chi connectivity index (χ3v) is 3.16. The van der Waals surface area contributed by atoms with Crippen molar-refractivity contribution in [3.8, 4) is 0 Å². The number of unbranched alkanes of at least 4 members (excludes halogenated alkanes) is 1. The van der Waals surface area contributed by atoms with Gasteiger partial charge in [-0.3, -0.25) is 0 Å². The Balaban J connectivity index is 2.33. The Bertz CT molecular complexity index is 307. The topological polar surface area (TPSA) is 35.2 Å². The first-order valence-corrected chi connectivity index (χ1v) is 6.43. The average Bonchev–Trinajstić information content (AvgIpc) is 2.23. The molecule has 1 aromatic rings. The quantitative estimate of drug-likeness (QED) is 0.644. The van der Waals surface area contributed by atoms with Gasteiger partial charge in [-0.25, -0.2) is 0 Å². The zero-order valence-corrected chi connectivity index (χ0v) is 11.4. The molecule has 0 amide bonds. The summed E-state index contributed by atoms with van der Waals surface area (Å²) in [6, 6.07) is 6.18. The lowest BCUT2D eigenvalue weighted by atomic mass is 10.2. The van der Waals surface area contributed by atoms with Crippen molar-refractivity contribution in [2.45, 2.75) is 19.4 Å². The molecule has 1 unspecified atom stereocenters. The van der Waals surface area contributed by atoms with Gasteiger partial charge < -0.3 is 10.5 Å².